The van der Waals surface area contributed by atoms with E-state index in [0.29, 0.717) is 36.8 Å². The maximum Gasteiger partial charge on any atom is 2.00 e. The molecule has 1 heterocycles. The van der Waals surface area contributed by atoms with E-state index in [2.05, 4.69) is 6.92 Å². The third kappa shape index (κ3) is 4.08. The van der Waals surface area contributed by atoms with E-state index in [1.54, 1.807) is 0 Å². The summed E-state index contributed by atoms with van der Waals surface area (Å²) in [5.74, 6) is 0.210. The first-order valence-corrected chi connectivity index (χ1v) is 6.76. The average Bonchev–Trinajstić information content (AvgIpc) is 2.61. The summed E-state index contributed by atoms with van der Waals surface area (Å²) in [5.41, 5.74) is 0.0687. The van der Waals surface area contributed by atoms with Gasteiger partial charge in [-0.15, -0.1) is 6.42 Å². The Morgan fingerprint density at radius 1 is 1.37 bits per heavy atom. The second-order valence-electron chi connectivity index (χ2n) is 6.13. The van der Waals surface area contributed by atoms with E-state index >= 15 is 0 Å². The van der Waals surface area contributed by atoms with E-state index < -0.39 is 5.79 Å². The minimum atomic E-state index is -0.476. The van der Waals surface area contributed by atoms with Crippen LogP contribution >= 0.6 is 11.6 Å². The van der Waals surface area contributed by atoms with Crippen LogP contribution in [0.2, 0.25) is 0 Å². The smallest absolute Gasteiger partial charge is 0.350 e. The molecule has 1 aliphatic heterocycles. The van der Waals surface area contributed by atoms with Gasteiger partial charge in [0, 0.05) is 5.41 Å². The van der Waals surface area contributed by atoms with Crippen LogP contribution in [0, 0.1) is 40.9 Å². The van der Waals surface area contributed by atoms with Crippen molar-refractivity contribution in [2.75, 3.05) is 13.2 Å². The summed E-state index contributed by atoms with van der Waals surface area (Å²) in [4.78, 5) is 0. The first kappa shape index (κ1) is 17.2. The largest absolute Gasteiger partial charge is 2.00 e. The van der Waals surface area contributed by atoms with Gasteiger partial charge in [-0.1, -0.05) is 18.4 Å². The molecule has 19 heavy (non-hydrogen) atoms. The summed E-state index contributed by atoms with van der Waals surface area (Å²) in [5, 5.41) is 9.14. The predicted octanol–water partition coefficient (Wildman–Crippen LogP) is 3.30. The van der Waals surface area contributed by atoms with Gasteiger partial charge in [-0.2, -0.15) is 11.3 Å². The van der Waals surface area contributed by atoms with E-state index in [1.165, 1.54) is 0 Å². The van der Waals surface area contributed by atoms with Crippen LogP contribution in [0.3, 0.4) is 0 Å². The van der Waals surface area contributed by atoms with Crippen molar-refractivity contribution in [3.05, 3.63) is 12.3 Å². The van der Waals surface area contributed by atoms with Gasteiger partial charge in [0.15, 0.2) is 5.79 Å². The minimum absolute atomic E-state index is 0. The molecule has 2 rings (SSSR count). The Labute approximate surface area is 133 Å². The topological polar surface area (TPSA) is 42.2 Å². The van der Waals surface area contributed by atoms with E-state index in [-0.39, 0.29) is 24.9 Å². The molecule has 0 bridgehead atoms. The monoisotopic (exact) mass is 333 g/mol. The van der Waals surface area contributed by atoms with Crippen molar-refractivity contribution in [1.29, 1.82) is 5.26 Å². The normalized spacial score (nSPS) is 31.5. The van der Waals surface area contributed by atoms with Crippen LogP contribution in [-0.4, -0.2) is 19.0 Å². The van der Waals surface area contributed by atoms with E-state index in [4.69, 9.17) is 26.3 Å². The molecule has 0 unspecified atom stereocenters. The Morgan fingerprint density at radius 3 is 2.47 bits per heavy atom. The van der Waals surface area contributed by atoms with Crippen molar-refractivity contribution in [3.63, 3.8) is 0 Å². The summed E-state index contributed by atoms with van der Waals surface area (Å²) in [7, 11) is 0. The maximum atomic E-state index is 8.76. The van der Waals surface area contributed by atoms with E-state index in [9.17, 15) is 0 Å². The number of nitriles is 1. The molecule has 0 N–H and O–H groups in total. The van der Waals surface area contributed by atoms with Crippen LogP contribution in [0.4, 0.5) is 0 Å². The van der Waals surface area contributed by atoms with Gasteiger partial charge in [-0.3, -0.25) is 0 Å². The van der Waals surface area contributed by atoms with Gasteiger partial charge in [-0.25, -0.2) is 5.26 Å². The first-order chi connectivity index (χ1) is 8.36. The fourth-order valence-electron chi connectivity index (χ4n) is 3.02. The van der Waals surface area contributed by atoms with Crippen molar-refractivity contribution < 1.29 is 29.0 Å². The minimum Gasteiger partial charge on any atom is -0.350 e. The van der Waals surface area contributed by atoms with Crippen LogP contribution in [0.25, 0.3) is 0 Å². The zero-order valence-electron chi connectivity index (χ0n) is 11.7. The van der Waals surface area contributed by atoms with Gasteiger partial charge >= 0.3 is 19.5 Å². The SMILES string of the molecule is [CH2-][C@H]1CC2(COC(C)(C)OC2)C[C@@H]1C[C-](Cl)C#N.[Zn+2]. The molecule has 102 valence electrons. The predicted molar refractivity (Wildman–Crippen MR) is 69.3 cm³/mol. The van der Waals surface area contributed by atoms with E-state index in [0.717, 1.165) is 12.8 Å². The number of hydrogen-bond acceptors (Lipinski definition) is 3. The van der Waals surface area contributed by atoms with Gasteiger partial charge in [0.2, 0.25) is 0 Å². The molecule has 1 saturated heterocycles. The van der Waals surface area contributed by atoms with Crippen molar-refractivity contribution >= 4 is 11.6 Å². The van der Waals surface area contributed by atoms with Crippen LogP contribution in [0.5, 0.6) is 0 Å². The quantitative estimate of drug-likeness (QED) is 0.574. The summed E-state index contributed by atoms with van der Waals surface area (Å²) in [6.07, 6.45) is 2.61. The summed E-state index contributed by atoms with van der Waals surface area (Å²) < 4.78 is 11.6. The number of hydrogen-bond donors (Lipinski definition) is 0. The number of ether oxygens (including phenoxy) is 2. The molecule has 1 aliphatic carbocycles. The van der Waals surface area contributed by atoms with Gasteiger partial charge in [0.25, 0.3) is 0 Å². The second kappa shape index (κ2) is 6.31. The molecule has 0 amide bonds. The zero-order chi connectivity index (χ0) is 13.4. The molecule has 5 heteroatoms. The summed E-state index contributed by atoms with van der Waals surface area (Å²) >= 11 is 5.85. The fraction of sp³-hybridized carbons (Fsp3) is 0.786. The number of halogens is 1. The van der Waals surface area contributed by atoms with Crippen LogP contribution < -0.4 is 0 Å². The van der Waals surface area contributed by atoms with Crippen molar-refractivity contribution in [3.8, 4) is 6.07 Å². The van der Waals surface area contributed by atoms with Crippen LogP contribution in [0.15, 0.2) is 0 Å². The van der Waals surface area contributed by atoms with Crippen molar-refractivity contribution in [1.82, 2.24) is 0 Å². The van der Waals surface area contributed by atoms with Gasteiger partial charge < -0.3 is 28.0 Å². The Morgan fingerprint density at radius 2 is 1.95 bits per heavy atom. The Balaban J connectivity index is 0.00000180. The third-order valence-corrected chi connectivity index (χ3v) is 4.31. The Kier molecular flexibility index (Phi) is 5.73. The molecular weight excluding hydrogens is 315 g/mol. The standard InChI is InChI=1S/C14H20ClNO2.Zn/c1-10-5-14(6-11(10)4-12(15)7-16)8-17-13(2,3)18-9-14;/h10-11H,1,4-6,8-9H2,2-3H3;/q-2;+2/t10-,11-;/m0./s1. The molecule has 2 atom stereocenters. The van der Waals surface area contributed by atoms with Crippen LogP contribution in [-0.2, 0) is 29.0 Å². The molecule has 1 spiro atoms. The summed E-state index contributed by atoms with van der Waals surface area (Å²) in [6.45, 7) is 9.51. The molecule has 2 aliphatic rings. The van der Waals surface area contributed by atoms with Gasteiger partial charge in [0.05, 0.1) is 13.2 Å². The Hall–Kier alpha value is 0.193. The maximum absolute atomic E-state index is 8.76. The molecule has 2 fully saturated rings. The second-order valence-corrected chi connectivity index (χ2v) is 6.58. The molecule has 0 aromatic rings. The molecule has 3 nitrogen and oxygen atoms in total. The van der Waals surface area contributed by atoms with Gasteiger partial charge in [-0.05, 0) is 20.3 Å². The molecule has 1 saturated carbocycles. The third-order valence-electron chi connectivity index (χ3n) is 4.07. The molecule has 0 radical (unpaired) electrons. The van der Waals surface area contributed by atoms with Gasteiger partial charge in [0.1, 0.15) is 0 Å². The summed E-state index contributed by atoms with van der Waals surface area (Å²) in [6, 6.07) is 2.01. The average molecular weight is 335 g/mol. The Bertz CT molecular complexity index is 346. The first-order valence-electron chi connectivity index (χ1n) is 6.38. The van der Waals surface area contributed by atoms with Crippen molar-refractivity contribution in [2.24, 2.45) is 17.3 Å². The van der Waals surface area contributed by atoms with E-state index in [1.807, 2.05) is 19.9 Å². The molecular formula is C14H20ClNO2Zn. The number of nitrogens with zero attached hydrogens (tertiary/aromatic N) is 1. The van der Waals surface area contributed by atoms with Crippen LogP contribution in [0.1, 0.15) is 33.1 Å². The molecule has 0 aromatic heterocycles. The zero-order valence-corrected chi connectivity index (χ0v) is 15.5. The fourth-order valence-corrected chi connectivity index (χ4v) is 3.21. The number of rotatable bonds is 2. The molecule has 0 aromatic carbocycles. The van der Waals surface area contributed by atoms with Crippen molar-refractivity contribution in [2.45, 2.75) is 38.9 Å².